The van der Waals surface area contributed by atoms with Crippen LogP contribution in [0.15, 0.2) is 72.8 Å². The Morgan fingerprint density at radius 2 is 1.66 bits per heavy atom. The molecule has 0 heterocycles. The minimum atomic E-state index is -0.239. The van der Waals surface area contributed by atoms with E-state index >= 15 is 0 Å². The molecule has 5 nitrogen and oxygen atoms in total. The summed E-state index contributed by atoms with van der Waals surface area (Å²) in [5, 5.41) is 3.64. The summed E-state index contributed by atoms with van der Waals surface area (Å²) >= 11 is 11.3. The highest BCUT2D eigenvalue weighted by Crippen LogP contribution is 2.21. The lowest BCUT2D eigenvalue weighted by Gasteiger charge is -2.20. The van der Waals surface area contributed by atoms with E-state index in [1.54, 1.807) is 60.5 Å². The minimum Gasteiger partial charge on any atom is -0.497 e. The zero-order chi connectivity index (χ0) is 20.8. The smallest absolute Gasteiger partial charge is 0.269 e. The third kappa shape index (κ3) is 5.47. The van der Waals surface area contributed by atoms with E-state index in [0.717, 1.165) is 11.4 Å². The van der Waals surface area contributed by atoms with Crippen LogP contribution in [0.4, 0.5) is 11.4 Å². The monoisotopic (exact) mass is 426 g/mol. The van der Waals surface area contributed by atoms with Crippen molar-refractivity contribution >= 4 is 46.3 Å². The van der Waals surface area contributed by atoms with E-state index in [4.69, 9.17) is 33.3 Å². The van der Waals surface area contributed by atoms with E-state index in [-0.39, 0.29) is 11.1 Å². The van der Waals surface area contributed by atoms with Crippen molar-refractivity contribution in [2.24, 2.45) is 0 Å². The maximum absolute atomic E-state index is 12.4. The molecule has 0 aliphatic rings. The molecule has 148 valence electrons. The number of carbonyl (C=O) groups excluding carboxylic acids is 1. The van der Waals surface area contributed by atoms with Crippen LogP contribution in [0, 0.1) is 0 Å². The number of anilines is 2. The predicted octanol–water partition coefficient (Wildman–Crippen LogP) is 5.40. The number of rotatable bonds is 5. The normalized spacial score (nSPS) is 10.2. The molecule has 0 fully saturated rings. The molecule has 0 saturated carbocycles. The van der Waals surface area contributed by atoms with Crippen LogP contribution < -0.4 is 19.7 Å². The van der Waals surface area contributed by atoms with Gasteiger partial charge in [-0.1, -0.05) is 17.7 Å². The fraction of sp³-hybridized carbons (Fsp3) is 0.0909. The van der Waals surface area contributed by atoms with Gasteiger partial charge in [-0.3, -0.25) is 4.79 Å². The average molecular weight is 427 g/mol. The second-order valence-electron chi connectivity index (χ2n) is 6.11. The Labute approximate surface area is 179 Å². The first-order valence-electron chi connectivity index (χ1n) is 8.73. The molecule has 0 atom stereocenters. The Kier molecular flexibility index (Phi) is 6.69. The maximum Gasteiger partial charge on any atom is 0.269 e. The Bertz CT molecular complexity index is 1010. The standard InChI is InChI=1S/C22H19ClN2O3S/c1-25(18-8-12-19(27-2)13-9-18)22(29)28-20-10-6-15(7-11-20)21(26)24-17-5-3-4-16(23)14-17/h3-14H,1-2H3,(H,24,26). The first-order valence-corrected chi connectivity index (χ1v) is 9.51. The summed E-state index contributed by atoms with van der Waals surface area (Å²) in [6.07, 6.45) is 0. The van der Waals surface area contributed by atoms with E-state index in [0.29, 0.717) is 22.0 Å². The summed E-state index contributed by atoms with van der Waals surface area (Å²) in [7, 11) is 3.43. The molecule has 1 amide bonds. The van der Waals surface area contributed by atoms with Gasteiger partial charge in [0, 0.05) is 29.0 Å². The quantitative estimate of drug-likeness (QED) is 0.553. The van der Waals surface area contributed by atoms with Crippen molar-refractivity contribution in [3.8, 4) is 11.5 Å². The molecule has 29 heavy (non-hydrogen) atoms. The summed E-state index contributed by atoms with van der Waals surface area (Å²) < 4.78 is 10.9. The Morgan fingerprint density at radius 1 is 1.00 bits per heavy atom. The molecule has 0 aromatic heterocycles. The Balaban J connectivity index is 1.61. The molecule has 0 radical (unpaired) electrons. The summed E-state index contributed by atoms with van der Waals surface area (Å²) in [6, 6.07) is 21.2. The molecule has 1 N–H and O–H groups in total. The minimum absolute atomic E-state index is 0.239. The van der Waals surface area contributed by atoms with Crippen LogP contribution >= 0.6 is 23.8 Å². The van der Waals surface area contributed by atoms with Crippen LogP contribution in [0.1, 0.15) is 10.4 Å². The first kappa shape index (κ1) is 20.6. The molecule has 0 saturated heterocycles. The van der Waals surface area contributed by atoms with Crippen molar-refractivity contribution in [3.63, 3.8) is 0 Å². The summed E-state index contributed by atoms with van der Waals surface area (Å²) in [4.78, 5) is 14.1. The number of amides is 1. The van der Waals surface area contributed by atoms with Gasteiger partial charge in [0.15, 0.2) is 0 Å². The largest absolute Gasteiger partial charge is 0.497 e. The molecule has 0 spiro atoms. The van der Waals surface area contributed by atoms with E-state index in [1.807, 2.05) is 31.3 Å². The molecule has 0 unspecified atom stereocenters. The molecule has 0 aliphatic heterocycles. The number of carbonyl (C=O) groups is 1. The van der Waals surface area contributed by atoms with Crippen LogP contribution in [0.5, 0.6) is 11.5 Å². The maximum atomic E-state index is 12.4. The van der Waals surface area contributed by atoms with Gasteiger partial charge in [-0.05, 0) is 78.9 Å². The zero-order valence-corrected chi connectivity index (χ0v) is 17.5. The van der Waals surface area contributed by atoms with Crippen molar-refractivity contribution in [1.29, 1.82) is 0 Å². The third-order valence-electron chi connectivity index (χ3n) is 4.14. The number of hydrogen-bond acceptors (Lipinski definition) is 4. The molecular formula is C22H19ClN2O3S. The van der Waals surface area contributed by atoms with E-state index in [9.17, 15) is 4.79 Å². The fourth-order valence-electron chi connectivity index (χ4n) is 2.52. The number of benzene rings is 3. The Hall–Kier alpha value is -3.09. The molecule has 3 aromatic carbocycles. The number of nitrogens with one attached hydrogen (secondary N) is 1. The molecular weight excluding hydrogens is 408 g/mol. The van der Waals surface area contributed by atoms with Gasteiger partial charge in [-0.25, -0.2) is 0 Å². The number of halogens is 1. The van der Waals surface area contributed by atoms with Gasteiger partial charge in [0.25, 0.3) is 11.1 Å². The molecule has 0 aliphatic carbocycles. The number of hydrogen-bond donors (Lipinski definition) is 1. The van der Waals surface area contributed by atoms with Crippen molar-refractivity contribution in [1.82, 2.24) is 0 Å². The van der Waals surface area contributed by atoms with E-state index in [1.165, 1.54) is 0 Å². The molecule has 0 bridgehead atoms. The summed E-state index contributed by atoms with van der Waals surface area (Å²) in [6.45, 7) is 0. The van der Waals surface area contributed by atoms with Crippen LogP contribution in [0.3, 0.4) is 0 Å². The SMILES string of the molecule is COc1ccc(N(C)C(=S)Oc2ccc(C(=O)Nc3cccc(Cl)c3)cc2)cc1. The van der Waals surface area contributed by atoms with Crippen molar-refractivity contribution in [3.05, 3.63) is 83.4 Å². The summed E-state index contributed by atoms with van der Waals surface area (Å²) in [5.74, 6) is 1.06. The average Bonchev–Trinajstić information content (AvgIpc) is 2.73. The molecule has 7 heteroatoms. The lowest BCUT2D eigenvalue weighted by molar-refractivity contribution is 0.102. The second kappa shape index (κ2) is 9.41. The second-order valence-corrected chi connectivity index (χ2v) is 6.90. The van der Waals surface area contributed by atoms with Gasteiger partial charge in [0.1, 0.15) is 11.5 Å². The number of nitrogens with zero attached hydrogens (tertiary/aromatic N) is 1. The highest BCUT2D eigenvalue weighted by Gasteiger charge is 2.11. The van der Waals surface area contributed by atoms with Crippen LogP contribution in [0.2, 0.25) is 5.02 Å². The van der Waals surface area contributed by atoms with Crippen molar-refractivity contribution < 1.29 is 14.3 Å². The highest BCUT2D eigenvalue weighted by atomic mass is 35.5. The van der Waals surface area contributed by atoms with Gasteiger partial charge in [-0.15, -0.1) is 0 Å². The topological polar surface area (TPSA) is 50.8 Å². The van der Waals surface area contributed by atoms with Crippen LogP contribution in [0.25, 0.3) is 0 Å². The first-order chi connectivity index (χ1) is 14.0. The zero-order valence-electron chi connectivity index (χ0n) is 15.9. The molecule has 3 rings (SSSR count). The van der Waals surface area contributed by atoms with Gasteiger partial charge in [0.2, 0.25) is 0 Å². The van der Waals surface area contributed by atoms with E-state index < -0.39 is 0 Å². The predicted molar refractivity (Wildman–Crippen MR) is 120 cm³/mol. The van der Waals surface area contributed by atoms with Gasteiger partial charge in [0.05, 0.1) is 7.11 Å². The van der Waals surface area contributed by atoms with Crippen LogP contribution in [-0.4, -0.2) is 25.2 Å². The summed E-state index contributed by atoms with van der Waals surface area (Å²) in [5.41, 5.74) is 1.99. The molecule has 3 aromatic rings. The highest BCUT2D eigenvalue weighted by molar-refractivity contribution is 7.80. The van der Waals surface area contributed by atoms with Crippen LogP contribution in [-0.2, 0) is 0 Å². The van der Waals surface area contributed by atoms with Crippen molar-refractivity contribution in [2.45, 2.75) is 0 Å². The Morgan fingerprint density at radius 3 is 2.28 bits per heavy atom. The van der Waals surface area contributed by atoms with Gasteiger partial charge < -0.3 is 19.7 Å². The van der Waals surface area contributed by atoms with E-state index in [2.05, 4.69) is 5.32 Å². The number of thiocarbonyl (C=S) groups is 1. The van der Waals surface area contributed by atoms with Gasteiger partial charge >= 0.3 is 0 Å². The number of methoxy groups -OCH3 is 1. The van der Waals surface area contributed by atoms with Crippen molar-refractivity contribution in [2.75, 3.05) is 24.4 Å². The lowest BCUT2D eigenvalue weighted by Crippen LogP contribution is -2.29. The fourth-order valence-corrected chi connectivity index (χ4v) is 2.92. The van der Waals surface area contributed by atoms with Gasteiger partial charge in [-0.2, -0.15) is 0 Å². The third-order valence-corrected chi connectivity index (χ3v) is 4.73. The number of ether oxygens (including phenoxy) is 2. The lowest BCUT2D eigenvalue weighted by atomic mass is 10.2.